The zero-order valence-electron chi connectivity index (χ0n) is 11.6. The zero-order chi connectivity index (χ0) is 13.8. The second-order valence-electron chi connectivity index (χ2n) is 4.20. The van der Waals surface area contributed by atoms with Gasteiger partial charge in [0.2, 0.25) is 0 Å². The Hall–Kier alpha value is -1.63. The molecule has 0 aromatic carbocycles. The Morgan fingerprint density at radius 3 is 2.68 bits per heavy atom. The van der Waals surface area contributed by atoms with Crippen LogP contribution in [-0.4, -0.2) is 31.8 Å². The molecule has 0 fully saturated rings. The predicted molar refractivity (Wildman–Crippen MR) is 75.4 cm³/mol. The van der Waals surface area contributed by atoms with E-state index in [1.165, 1.54) is 11.8 Å². The van der Waals surface area contributed by atoms with Crippen LogP contribution in [0.5, 0.6) is 0 Å². The van der Waals surface area contributed by atoms with E-state index in [0.717, 1.165) is 40.5 Å². The maximum Gasteiger partial charge on any atom is 0.197 e. The van der Waals surface area contributed by atoms with Crippen LogP contribution in [0, 0.1) is 6.92 Å². The van der Waals surface area contributed by atoms with Gasteiger partial charge in [-0.1, -0.05) is 6.92 Å². The van der Waals surface area contributed by atoms with Crippen molar-refractivity contribution in [1.82, 2.24) is 24.7 Å². The van der Waals surface area contributed by atoms with E-state index in [2.05, 4.69) is 32.4 Å². The fraction of sp³-hybridized carbons (Fsp3) is 0.500. The van der Waals surface area contributed by atoms with Gasteiger partial charge in [0, 0.05) is 26.6 Å². The topological polar surface area (TPSA) is 68.5 Å². The van der Waals surface area contributed by atoms with Gasteiger partial charge >= 0.3 is 0 Å². The fourth-order valence-electron chi connectivity index (χ4n) is 1.56. The second kappa shape index (κ2) is 6.01. The van der Waals surface area contributed by atoms with E-state index < -0.39 is 0 Å². The molecule has 102 valence electrons. The summed E-state index contributed by atoms with van der Waals surface area (Å²) in [5, 5.41) is 13.0. The zero-order valence-corrected chi connectivity index (χ0v) is 12.5. The molecule has 0 aliphatic rings. The van der Waals surface area contributed by atoms with Crippen molar-refractivity contribution < 1.29 is 0 Å². The molecule has 7 heteroatoms. The Balaban J connectivity index is 2.28. The molecule has 2 heterocycles. The second-order valence-corrected chi connectivity index (χ2v) is 5.19. The number of nitrogens with zero attached hydrogens (tertiary/aromatic N) is 5. The normalized spacial score (nSPS) is 10.7. The van der Waals surface area contributed by atoms with Crippen LogP contribution in [0.4, 0.5) is 5.82 Å². The monoisotopic (exact) mass is 278 g/mol. The van der Waals surface area contributed by atoms with Crippen LogP contribution in [0.3, 0.4) is 0 Å². The van der Waals surface area contributed by atoms with Crippen molar-refractivity contribution in [1.29, 1.82) is 0 Å². The summed E-state index contributed by atoms with van der Waals surface area (Å²) < 4.78 is 1.95. The first kappa shape index (κ1) is 13.8. The molecule has 0 unspecified atom stereocenters. The van der Waals surface area contributed by atoms with Crippen molar-refractivity contribution in [2.75, 3.05) is 12.4 Å². The molecular formula is C12H18N6S. The van der Waals surface area contributed by atoms with Crippen molar-refractivity contribution in [2.24, 2.45) is 7.05 Å². The SMILES string of the molecule is CCCc1nc(NC)cc(Sc2nnc(C)n2C)n1. The molecule has 2 rings (SSSR count). The number of hydrogen-bond acceptors (Lipinski definition) is 6. The summed E-state index contributed by atoms with van der Waals surface area (Å²) in [5.74, 6) is 2.58. The molecule has 0 amide bonds. The highest BCUT2D eigenvalue weighted by Crippen LogP contribution is 2.26. The van der Waals surface area contributed by atoms with Crippen LogP contribution in [0.25, 0.3) is 0 Å². The van der Waals surface area contributed by atoms with Crippen molar-refractivity contribution in [3.8, 4) is 0 Å². The van der Waals surface area contributed by atoms with Gasteiger partial charge in [-0.2, -0.15) is 0 Å². The Morgan fingerprint density at radius 2 is 2.11 bits per heavy atom. The summed E-state index contributed by atoms with van der Waals surface area (Å²) in [5.41, 5.74) is 0. The van der Waals surface area contributed by atoms with Crippen LogP contribution < -0.4 is 5.32 Å². The Kier molecular flexibility index (Phi) is 4.36. The fourth-order valence-corrected chi connectivity index (χ4v) is 2.42. The average molecular weight is 278 g/mol. The minimum absolute atomic E-state index is 0.833. The first-order valence-electron chi connectivity index (χ1n) is 6.23. The molecule has 2 aromatic rings. The maximum absolute atomic E-state index is 4.55. The lowest BCUT2D eigenvalue weighted by Crippen LogP contribution is -2.01. The van der Waals surface area contributed by atoms with Crippen molar-refractivity contribution >= 4 is 17.6 Å². The maximum atomic E-state index is 4.55. The van der Waals surface area contributed by atoms with Gasteiger partial charge in [0.15, 0.2) is 5.16 Å². The first-order chi connectivity index (χ1) is 9.13. The lowest BCUT2D eigenvalue weighted by Gasteiger charge is -2.06. The molecule has 19 heavy (non-hydrogen) atoms. The van der Waals surface area contributed by atoms with Gasteiger partial charge in [0.25, 0.3) is 0 Å². The van der Waals surface area contributed by atoms with Crippen LogP contribution >= 0.6 is 11.8 Å². The van der Waals surface area contributed by atoms with Gasteiger partial charge in [-0.25, -0.2) is 9.97 Å². The van der Waals surface area contributed by atoms with Gasteiger partial charge in [-0.3, -0.25) is 0 Å². The predicted octanol–water partition coefficient (Wildman–Crippen LogP) is 2.06. The highest BCUT2D eigenvalue weighted by molar-refractivity contribution is 7.99. The largest absolute Gasteiger partial charge is 0.373 e. The van der Waals surface area contributed by atoms with Gasteiger partial charge in [-0.05, 0) is 25.1 Å². The minimum Gasteiger partial charge on any atom is -0.373 e. The number of hydrogen-bond donors (Lipinski definition) is 1. The molecule has 0 aliphatic heterocycles. The van der Waals surface area contributed by atoms with Gasteiger partial charge in [-0.15, -0.1) is 10.2 Å². The van der Waals surface area contributed by atoms with Crippen LogP contribution in [0.2, 0.25) is 0 Å². The molecule has 1 N–H and O–H groups in total. The van der Waals surface area contributed by atoms with Crippen LogP contribution in [0.1, 0.15) is 25.0 Å². The van der Waals surface area contributed by atoms with Gasteiger partial charge in [0.1, 0.15) is 22.5 Å². The van der Waals surface area contributed by atoms with Crippen LogP contribution in [0.15, 0.2) is 16.2 Å². The molecule has 0 saturated carbocycles. The summed E-state index contributed by atoms with van der Waals surface area (Å²) in [6.45, 7) is 4.05. The molecule has 0 aliphatic carbocycles. The number of nitrogens with one attached hydrogen (secondary N) is 1. The third-order valence-corrected chi connectivity index (χ3v) is 3.68. The van der Waals surface area contributed by atoms with E-state index in [9.17, 15) is 0 Å². The Morgan fingerprint density at radius 1 is 1.32 bits per heavy atom. The summed E-state index contributed by atoms with van der Waals surface area (Å²) in [6.07, 6.45) is 1.90. The van der Waals surface area contributed by atoms with E-state index in [0.29, 0.717) is 0 Å². The van der Waals surface area contributed by atoms with E-state index in [-0.39, 0.29) is 0 Å². The molecule has 6 nitrogen and oxygen atoms in total. The third-order valence-electron chi connectivity index (χ3n) is 2.73. The summed E-state index contributed by atoms with van der Waals surface area (Å²) in [4.78, 5) is 8.98. The van der Waals surface area contributed by atoms with E-state index in [1.54, 1.807) is 0 Å². The molecule has 0 spiro atoms. The van der Waals surface area contributed by atoms with Crippen molar-refractivity contribution in [3.05, 3.63) is 17.7 Å². The van der Waals surface area contributed by atoms with Crippen LogP contribution in [-0.2, 0) is 13.5 Å². The summed E-state index contributed by atoms with van der Waals surface area (Å²) in [7, 11) is 3.81. The van der Waals surface area contributed by atoms with E-state index in [1.807, 2.05) is 31.7 Å². The lowest BCUT2D eigenvalue weighted by atomic mass is 10.3. The lowest BCUT2D eigenvalue weighted by molar-refractivity contribution is 0.761. The highest BCUT2D eigenvalue weighted by Gasteiger charge is 2.10. The summed E-state index contributed by atoms with van der Waals surface area (Å²) >= 11 is 1.50. The van der Waals surface area contributed by atoms with Crippen molar-refractivity contribution in [2.45, 2.75) is 36.9 Å². The standard InChI is InChI=1S/C12H18N6S/c1-5-6-9-14-10(13-3)7-11(15-9)19-12-17-16-8(2)18(12)4/h7H,5-6H2,1-4H3,(H,13,14,15). The highest BCUT2D eigenvalue weighted by atomic mass is 32.2. The van der Waals surface area contributed by atoms with E-state index in [4.69, 9.17) is 0 Å². The van der Waals surface area contributed by atoms with Crippen molar-refractivity contribution in [3.63, 3.8) is 0 Å². The molecule has 0 bridgehead atoms. The molecule has 2 aromatic heterocycles. The molecular weight excluding hydrogens is 260 g/mol. The Labute approximate surface area is 117 Å². The Bertz CT molecular complexity index is 565. The number of rotatable bonds is 5. The number of aromatic nitrogens is 5. The van der Waals surface area contributed by atoms with E-state index >= 15 is 0 Å². The quantitative estimate of drug-likeness (QED) is 0.844. The number of aryl methyl sites for hydroxylation is 2. The average Bonchev–Trinajstić information content (AvgIpc) is 2.71. The molecule has 0 atom stereocenters. The summed E-state index contributed by atoms with van der Waals surface area (Å²) in [6, 6.07) is 1.92. The molecule has 0 radical (unpaired) electrons. The third kappa shape index (κ3) is 3.23. The van der Waals surface area contributed by atoms with Gasteiger partial charge < -0.3 is 9.88 Å². The molecule has 0 saturated heterocycles. The first-order valence-corrected chi connectivity index (χ1v) is 7.05. The van der Waals surface area contributed by atoms with Gasteiger partial charge in [0.05, 0.1) is 0 Å². The number of anilines is 1. The minimum atomic E-state index is 0.833. The smallest absolute Gasteiger partial charge is 0.197 e.